The van der Waals surface area contributed by atoms with Crippen molar-refractivity contribution in [1.29, 1.82) is 5.26 Å². The number of nitrogens with zero attached hydrogens (tertiary/aromatic N) is 4. The summed E-state index contributed by atoms with van der Waals surface area (Å²) in [7, 11) is 0. The first-order valence-electron chi connectivity index (χ1n) is 10.3. The Labute approximate surface area is 176 Å². The molecule has 0 bridgehead atoms. The molecule has 8 nitrogen and oxygen atoms in total. The molecule has 2 unspecified atom stereocenters. The Morgan fingerprint density at radius 1 is 1.30 bits per heavy atom. The van der Waals surface area contributed by atoms with Crippen LogP contribution in [0.15, 0.2) is 24.4 Å². The zero-order chi connectivity index (χ0) is 21.8. The number of carbonyl (C=O) groups excluding carboxylic acids is 1. The third-order valence-corrected chi connectivity index (χ3v) is 5.95. The SMILES string of the molecule is CC(C)(C)OC(O)N1C[C@@H]2C(C(=O)NC(C)(C)c3nc(C#N)c4ccccn34)[C@@H]2C1. The first-order chi connectivity index (χ1) is 14.0. The molecule has 2 aromatic heterocycles. The molecule has 160 valence electrons. The van der Waals surface area contributed by atoms with Gasteiger partial charge in [0.2, 0.25) is 12.3 Å². The first kappa shape index (κ1) is 20.8. The van der Waals surface area contributed by atoms with Crippen LogP contribution < -0.4 is 5.32 Å². The number of aromatic nitrogens is 2. The molecular weight excluding hydrogens is 382 g/mol. The van der Waals surface area contributed by atoms with Crippen molar-refractivity contribution >= 4 is 11.4 Å². The van der Waals surface area contributed by atoms with E-state index in [1.54, 1.807) is 0 Å². The number of pyridine rings is 1. The molecule has 0 radical (unpaired) electrons. The van der Waals surface area contributed by atoms with Crippen molar-refractivity contribution in [2.24, 2.45) is 17.8 Å². The van der Waals surface area contributed by atoms with Crippen molar-refractivity contribution in [3.63, 3.8) is 0 Å². The van der Waals surface area contributed by atoms with Gasteiger partial charge in [-0.05, 0) is 58.6 Å². The van der Waals surface area contributed by atoms with E-state index in [2.05, 4.69) is 16.4 Å². The molecule has 30 heavy (non-hydrogen) atoms. The first-order valence-corrected chi connectivity index (χ1v) is 10.3. The average molecular weight is 412 g/mol. The molecule has 0 spiro atoms. The number of aliphatic hydroxyl groups is 1. The van der Waals surface area contributed by atoms with Gasteiger partial charge in [0, 0.05) is 25.2 Å². The van der Waals surface area contributed by atoms with Crippen molar-refractivity contribution in [2.75, 3.05) is 13.1 Å². The lowest BCUT2D eigenvalue weighted by molar-refractivity contribution is -0.236. The second-order valence-electron chi connectivity index (χ2n) is 9.83. The molecule has 1 aliphatic heterocycles. The maximum Gasteiger partial charge on any atom is 0.224 e. The number of fused-ring (bicyclic) bond motifs is 2. The molecule has 1 amide bonds. The summed E-state index contributed by atoms with van der Waals surface area (Å²) in [6.07, 6.45) is 0.908. The lowest BCUT2D eigenvalue weighted by Gasteiger charge is -2.31. The number of likely N-dealkylation sites (tertiary alicyclic amines) is 1. The van der Waals surface area contributed by atoms with Gasteiger partial charge in [0.15, 0.2) is 5.69 Å². The van der Waals surface area contributed by atoms with Gasteiger partial charge in [0.05, 0.1) is 16.7 Å². The summed E-state index contributed by atoms with van der Waals surface area (Å²) in [6.45, 7) is 10.8. The second kappa shape index (κ2) is 7.05. The summed E-state index contributed by atoms with van der Waals surface area (Å²) in [6, 6.07) is 7.71. The van der Waals surface area contributed by atoms with Crippen LogP contribution in [0, 0.1) is 29.1 Å². The molecule has 0 aromatic carbocycles. The third-order valence-electron chi connectivity index (χ3n) is 5.95. The van der Waals surface area contributed by atoms with Gasteiger partial charge in [0.1, 0.15) is 11.9 Å². The standard InChI is InChI=1S/C22H29N5O3/c1-21(2,3)30-20(29)26-11-13-14(12-26)17(13)18(28)25-22(4,5)19-24-15(10-23)16-8-6-7-9-27(16)19/h6-9,13-14,17,20,29H,11-12H2,1-5H3,(H,25,28)/t13-,14+,17?,20?. The van der Waals surface area contributed by atoms with Crippen molar-refractivity contribution in [2.45, 2.75) is 52.2 Å². The Balaban J connectivity index is 1.42. The Morgan fingerprint density at radius 2 is 1.97 bits per heavy atom. The molecular formula is C22H29N5O3. The molecule has 2 fully saturated rings. The quantitative estimate of drug-likeness (QED) is 0.728. The van der Waals surface area contributed by atoms with Crippen LogP contribution in [-0.2, 0) is 15.1 Å². The zero-order valence-electron chi connectivity index (χ0n) is 18.1. The van der Waals surface area contributed by atoms with Crippen LogP contribution in [0.25, 0.3) is 5.52 Å². The highest BCUT2D eigenvalue weighted by molar-refractivity contribution is 5.83. The Hall–Kier alpha value is -2.47. The number of hydrogen-bond donors (Lipinski definition) is 2. The minimum atomic E-state index is -0.946. The van der Waals surface area contributed by atoms with Crippen molar-refractivity contribution in [1.82, 2.24) is 19.6 Å². The summed E-state index contributed by atoms with van der Waals surface area (Å²) in [5.41, 5.74) is -0.0896. The molecule has 1 saturated carbocycles. The van der Waals surface area contributed by atoms with E-state index < -0.39 is 17.6 Å². The maximum absolute atomic E-state index is 13.0. The summed E-state index contributed by atoms with van der Waals surface area (Å²) in [5, 5.41) is 22.8. The number of nitrogens with one attached hydrogen (secondary N) is 1. The summed E-state index contributed by atoms with van der Waals surface area (Å²) in [4.78, 5) is 19.4. The molecule has 4 atom stereocenters. The highest BCUT2D eigenvalue weighted by Gasteiger charge is 2.60. The van der Waals surface area contributed by atoms with E-state index in [0.29, 0.717) is 24.6 Å². The van der Waals surface area contributed by atoms with Gasteiger partial charge in [-0.3, -0.25) is 9.69 Å². The number of nitriles is 1. The minimum Gasteiger partial charge on any atom is -0.356 e. The normalized spacial score (nSPS) is 25.0. The number of carbonyl (C=O) groups is 1. The molecule has 8 heteroatoms. The topological polar surface area (TPSA) is 103 Å². The van der Waals surface area contributed by atoms with E-state index >= 15 is 0 Å². The zero-order valence-corrected chi connectivity index (χ0v) is 18.1. The number of aliphatic hydroxyl groups excluding tert-OH is 1. The van der Waals surface area contributed by atoms with E-state index in [1.807, 2.05) is 68.3 Å². The number of imidazole rings is 1. The number of rotatable bonds is 5. The van der Waals surface area contributed by atoms with Crippen molar-refractivity contribution in [3.8, 4) is 6.07 Å². The number of amides is 1. The van der Waals surface area contributed by atoms with Gasteiger partial charge in [-0.2, -0.15) is 5.26 Å². The molecule has 2 aromatic rings. The lowest BCUT2D eigenvalue weighted by atomic mass is 10.0. The van der Waals surface area contributed by atoms with Gasteiger partial charge in [-0.15, -0.1) is 0 Å². The maximum atomic E-state index is 13.0. The summed E-state index contributed by atoms with van der Waals surface area (Å²) < 4.78 is 7.48. The highest BCUT2D eigenvalue weighted by atomic mass is 16.6. The van der Waals surface area contributed by atoms with Crippen molar-refractivity contribution < 1.29 is 14.6 Å². The molecule has 2 N–H and O–H groups in total. The van der Waals surface area contributed by atoms with E-state index in [9.17, 15) is 15.2 Å². The van der Waals surface area contributed by atoms with Crippen LogP contribution >= 0.6 is 0 Å². The van der Waals surface area contributed by atoms with Gasteiger partial charge >= 0.3 is 0 Å². The molecule has 1 saturated heterocycles. The van der Waals surface area contributed by atoms with E-state index in [1.165, 1.54) is 0 Å². The smallest absolute Gasteiger partial charge is 0.224 e. The predicted octanol–water partition coefficient (Wildman–Crippen LogP) is 1.83. The highest BCUT2D eigenvalue weighted by Crippen LogP contribution is 2.52. The van der Waals surface area contributed by atoms with E-state index in [4.69, 9.17) is 4.74 Å². The van der Waals surface area contributed by atoms with Gasteiger partial charge in [-0.25, -0.2) is 4.98 Å². The Morgan fingerprint density at radius 3 is 2.57 bits per heavy atom. The molecule has 4 rings (SSSR count). The fraction of sp³-hybridized carbons (Fsp3) is 0.591. The van der Waals surface area contributed by atoms with Gasteiger partial charge in [0.25, 0.3) is 0 Å². The largest absolute Gasteiger partial charge is 0.356 e. The van der Waals surface area contributed by atoms with Crippen LogP contribution in [0.1, 0.15) is 46.1 Å². The van der Waals surface area contributed by atoms with Crippen LogP contribution in [0.3, 0.4) is 0 Å². The molecule has 3 heterocycles. The lowest BCUT2D eigenvalue weighted by Crippen LogP contribution is -2.46. The summed E-state index contributed by atoms with van der Waals surface area (Å²) >= 11 is 0. The minimum absolute atomic E-state index is 0.00734. The van der Waals surface area contributed by atoms with E-state index in [-0.39, 0.29) is 23.7 Å². The average Bonchev–Trinajstić information content (AvgIpc) is 3.01. The van der Waals surface area contributed by atoms with E-state index in [0.717, 1.165) is 5.52 Å². The molecule has 2 aliphatic rings. The van der Waals surface area contributed by atoms with Crippen LogP contribution in [0.4, 0.5) is 0 Å². The third kappa shape index (κ3) is 3.69. The predicted molar refractivity (Wildman–Crippen MR) is 110 cm³/mol. The van der Waals surface area contributed by atoms with Gasteiger partial charge < -0.3 is 19.6 Å². The number of hydrogen-bond acceptors (Lipinski definition) is 6. The fourth-order valence-electron chi connectivity index (χ4n) is 4.53. The van der Waals surface area contributed by atoms with Crippen molar-refractivity contribution in [3.05, 3.63) is 35.9 Å². The molecule has 1 aliphatic carbocycles. The van der Waals surface area contributed by atoms with Crippen LogP contribution in [0.2, 0.25) is 0 Å². The monoisotopic (exact) mass is 411 g/mol. The van der Waals surface area contributed by atoms with Crippen LogP contribution in [-0.4, -0.2) is 50.4 Å². The Kier molecular flexibility index (Phi) is 4.88. The van der Waals surface area contributed by atoms with Gasteiger partial charge in [-0.1, -0.05) is 6.07 Å². The van der Waals surface area contributed by atoms with Crippen LogP contribution in [0.5, 0.6) is 0 Å². The Bertz CT molecular complexity index is 1000. The fourth-order valence-corrected chi connectivity index (χ4v) is 4.53. The second-order valence-corrected chi connectivity index (χ2v) is 9.83. The number of ether oxygens (including phenoxy) is 1. The summed E-state index contributed by atoms with van der Waals surface area (Å²) in [5.74, 6) is 1.01. The number of piperidine rings is 1.